The van der Waals surface area contributed by atoms with Crippen molar-refractivity contribution >= 4 is 17.7 Å². The molecule has 1 unspecified atom stereocenters. The molecule has 0 bridgehead atoms. The molecule has 3 amide bonds. The zero-order valence-corrected chi connectivity index (χ0v) is 17.3. The van der Waals surface area contributed by atoms with Crippen LogP contribution in [0, 0.1) is 0 Å². The summed E-state index contributed by atoms with van der Waals surface area (Å²) in [4.78, 5) is 40.7. The average molecular weight is 412 g/mol. The maximum absolute atomic E-state index is 12.9. The third-order valence-electron chi connectivity index (χ3n) is 7.06. The summed E-state index contributed by atoms with van der Waals surface area (Å²) in [6.45, 7) is 2.73. The van der Waals surface area contributed by atoms with Gasteiger partial charge >= 0.3 is 0 Å². The van der Waals surface area contributed by atoms with E-state index in [1.807, 2.05) is 18.2 Å². The van der Waals surface area contributed by atoms with Gasteiger partial charge in [-0.3, -0.25) is 24.6 Å². The fourth-order valence-corrected chi connectivity index (χ4v) is 5.50. The van der Waals surface area contributed by atoms with E-state index in [0.717, 1.165) is 17.7 Å². The van der Waals surface area contributed by atoms with Crippen LogP contribution < -0.4 is 10.1 Å². The highest BCUT2D eigenvalue weighted by Gasteiger charge is 2.39. The van der Waals surface area contributed by atoms with Crippen molar-refractivity contribution in [2.24, 2.45) is 0 Å². The monoisotopic (exact) mass is 411 g/mol. The number of nitrogens with zero attached hydrogens (tertiary/aromatic N) is 2. The topological polar surface area (TPSA) is 79.0 Å². The Morgan fingerprint density at radius 2 is 1.77 bits per heavy atom. The predicted octanol–water partition coefficient (Wildman–Crippen LogP) is 2.23. The molecule has 4 aliphatic rings. The molecule has 2 saturated heterocycles. The van der Waals surface area contributed by atoms with Gasteiger partial charge in [0.25, 0.3) is 5.91 Å². The molecule has 1 aliphatic carbocycles. The second-order valence-electron chi connectivity index (χ2n) is 8.97. The van der Waals surface area contributed by atoms with Gasteiger partial charge in [0.1, 0.15) is 17.9 Å². The SMILES string of the molecule is O=C1CCC(N2Cc3cc(O[C@H]4CCCC[C@H]4N4CCCC4)ccc3C2=O)C(=O)N1. The zero-order valence-electron chi connectivity index (χ0n) is 17.3. The molecule has 5 rings (SSSR count). The molecule has 0 aromatic heterocycles. The van der Waals surface area contributed by atoms with Gasteiger partial charge in [-0.2, -0.15) is 0 Å². The van der Waals surface area contributed by atoms with Crippen molar-refractivity contribution in [3.8, 4) is 5.75 Å². The minimum atomic E-state index is -0.579. The van der Waals surface area contributed by atoms with Gasteiger partial charge in [-0.25, -0.2) is 0 Å². The molecule has 7 heteroatoms. The molecule has 3 aliphatic heterocycles. The predicted molar refractivity (Wildman–Crippen MR) is 110 cm³/mol. The van der Waals surface area contributed by atoms with Crippen molar-refractivity contribution in [2.75, 3.05) is 13.1 Å². The van der Waals surface area contributed by atoms with Gasteiger partial charge in [0, 0.05) is 24.6 Å². The third kappa shape index (κ3) is 3.60. The molecule has 160 valence electrons. The minimum absolute atomic E-state index is 0.140. The minimum Gasteiger partial charge on any atom is -0.489 e. The van der Waals surface area contributed by atoms with E-state index in [-0.39, 0.29) is 30.2 Å². The number of hydrogen-bond acceptors (Lipinski definition) is 5. The fourth-order valence-electron chi connectivity index (χ4n) is 5.50. The molecule has 3 heterocycles. The lowest BCUT2D eigenvalue weighted by molar-refractivity contribution is -0.136. The summed E-state index contributed by atoms with van der Waals surface area (Å²) in [5.74, 6) is 0.0251. The number of ether oxygens (including phenoxy) is 1. The van der Waals surface area contributed by atoms with Gasteiger partial charge in [-0.05, 0) is 75.4 Å². The number of imide groups is 1. The van der Waals surface area contributed by atoms with E-state index in [4.69, 9.17) is 4.74 Å². The Labute approximate surface area is 176 Å². The Kier molecular flexibility index (Phi) is 5.23. The number of benzene rings is 1. The second-order valence-corrected chi connectivity index (χ2v) is 8.97. The number of fused-ring (bicyclic) bond motifs is 1. The number of likely N-dealkylation sites (tertiary alicyclic amines) is 1. The van der Waals surface area contributed by atoms with Gasteiger partial charge in [-0.1, -0.05) is 6.42 Å². The first kappa shape index (κ1) is 19.5. The first-order valence-electron chi connectivity index (χ1n) is 11.3. The number of piperidine rings is 1. The van der Waals surface area contributed by atoms with Gasteiger partial charge in [0.15, 0.2) is 0 Å². The van der Waals surface area contributed by atoms with E-state index in [1.165, 1.54) is 45.2 Å². The molecule has 0 spiro atoms. The molecule has 1 saturated carbocycles. The quantitative estimate of drug-likeness (QED) is 0.769. The molecular weight excluding hydrogens is 382 g/mol. The van der Waals surface area contributed by atoms with E-state index in [2.05, 4.69) is 10.2 Å². The van der Waals surface area contributed by atoms with Crippen LogP contribution in [-0.2, 0) is 16.1 Å². The van der Waals surface area contributed by atoms with Crippen LogP contribution in [0.2, 0.25) is 0 Å². The zero-order chi connectivity index (χ0) is 20.7. The summed E-state index contributed by atoms with van der Waals surface area (Å²) >= 11 is 0. The van der Waals surface area contributed by atoms with Crippen LogP contribution in [0.15, 0.2) is 18.2 Å². The summed E-state index contributed by atoms with van der Waals surface area (Å²) in [5.41, 5.74) is 1.53. The van der Waals surface area contributed by atoms with Crippen molar-refractivity contribution in [2.45, 2.75) is 76.1 Å². The Morgan fingerprint density at radius 3 is 2.57 bits per heavy atom. The normalized spacial score (nSPS) is 29.8. The van der Waals surface area contributed by atoms with Gasteiger partial charge in [0.2, 0.25) is 11.8 Å². The number of rotatable bonds is 4. The summed E-state index contributed by atoms with van der Waals surface area (Å²) < 4.78 is 6.46. The molecule has 0 radical (unpaired) electrons. The molecule has 3 atom stereocenters. The number of nitrogens with one attached hydrogen (secondary N) is 1. The number of carbonyl (C=O) groups is 3. The van der Waals surface area contributed by atoms with Crippen molar-refractivity contribution in [3.05, 3.63) is 29.3 Å². The summed E-state index contributed by atoms with van der Waals surface area (Å²) in [6, 6.07) is 5.59. The highest BCUT2D eigenvalue weighted by atomic mass is 16.5. The lowest BCUT2D eigenvalue weighted by Crippen LogP contribution is -2.52. The summed E-state index contributed by atoms with van der Waals surface area (Å²) in [7, 11) is 0. The smallest absolute Gasteiger partial charge is 0.255 e. The molecule has 1 aromatic rings. The van der Waals surface area contributed by atoms with Crippen LogP contribution >= 0.6 is 0 Å². The standard InChI is InChI=1S/C23H29N3O4/c27-21-10-9-19(22(28)24-21)26-14-15-13-16(7-8-17(15)23(26)29)30-20-6-2-1-5-18(20)25-11-3-4-12-25/h7-8,13,18-20H,1-6,9-12,14H2,(H,24,27,28)/t18-,19?,20+/m1/s1. The molecule has 7 nitrogen and oxygen atoms in total. The Bertz CT molecular complexity index is 864. The van der Waals surface area contributed by atoms with Gasteiger partial charge < -0.3 is 9.64 Å². The Hall–Kier alpha value is -2.41. The molecule has 3 fully saturated rings. The summed E-state index contributed by atoms with van der Waals surface area (Å²) in [5, 5.41) is 2.35. The molecule has 1 N–H and O–H groups in total. The van der Waals surface area contributed by atoms with E-state index in [0.29, 0.717) is 24.6 Å². The first-order valence-corrected chi connectivity index (χ1v) is 11.3. The summed E-state index contributed by atoms with van der Waals surface area (Å²) in [6.07, 6.45) is 8.12. The van der Waals surface area contributed by atoms with Crippen molar-refractivity contribution in [1.29, 1.82) is 0 Å². The Morgan fingerprint density at radius 1 is 0.967 bits per heavy atom. The van der Waals surface area contributed by atoms with Crippen LogP contribution in [0.3, 0.4) is 0 Å². The van der Waals surface area contributed by atoms with Crippen LogP contribution in [0.5, 0.6) is 5.75 Å². The van der Waals surface area contributed by atoms with Crippen molar-refractivity contribution in [1.82, 2.24) is 15.1 Å². The highest BCUT2D eigenvalue weighted by molar-refractivity contribution is 6.05. The number of amides is 3. The van der Waals surface area contributed by atoms with E-state index >= 15 is 0 Å². The largest absolute Gasteiger partial charge is 0.489 e. The molecular formula is C23H29N3O4. The lowest BCUT2D eigenvalue weighted by Gasteiger charge is -2.37. The van der Waals surface area contributed by atoms with Gasteiger partial charge in [-0.15, -0.1) is 0 Å². The van der Waals surface area contributed by atoms with E-state index < -0.39 is 6.04 Å². The molecule has 1 aromatic carbocycles. The third-order valence-corrected chi connectivity index (χ3v) is 7.06. The highest BCUT2D eigenvalue weighted by Crippen LogP contribution is 2.33. The maximum atomic E-state index is 12.9. The van der Waals surface area contributed by atoms with Crippen molar-refractivity contribution < 1.29 is 19.1 Å². The van der Waals surface area contributed by atoms with Crippen LogP contribution in [0.25, 0.3) is 0 Å². The van der Waals surface area contributed by atoms with E-state index in [9.17, 15) is 14.4 Å². The fraction of sp³-hybridized carbons (Fsp3) is 0.609. The second kappa shape index (κ2) is 8.02. The van der Waals surface area contributed by atoms with Gasteiger partial charge in [0.05, 0.1) is 0 Å². The number of hydrogen-bond donors (Lipinski definition) is 1. The average Bonchev–Trinajstić information content (AvgIpc) is 3.37. The van der Waals surface area contributed by atoms with Crippen molar-refractivity contribution in [3.63, 3.8) is 0 Å². The van der Waals surface area contributed by atoms with Crippen LogP contribution in [0.4, 0.5) is 0 Å². The van der Waals surface area contributed by atoms with Crippen LogP contribution in [-0.4, -0.2) is 58.8 Å². The number of carbonyl (C=O) groups excluding carboxylic acids is 3. The maximum Gasteiger partial charge on any atom is 0.255 e. The molecule has 30 heavy (non-hydrogen) atoms. The first-order chi connectivity index (χ1) is 14.6. The lowest BCUT2D eigenvalue weighted by atomic mass is 9.91. The Balaban J connectivity index is 1.30. The van der Waals surface area contributed by atoms with E-state index in [1.54, 1.807) is 4.90 Å². The van der Waals surface area contributed by atoms with Crippen LogP contribution in [0.1, 0.15) is 67.3 Å².